The van der Waals surface area contributed by atoms with Crippen molar-refractivity contribution in [1.29, 1.82) is 0 Å². The Hall–Kier alpha value is -1.63. The molecule has 7 nitrogen and oxygen atoms in total. The minimum Gasteiger partial charge on any atom is -0.481 e. The molecule has 1 saturated heterocycles. The van der Waals surface area contributed by atoms with Gasteiger partial charge in [-0.2, -0.15) is 0 Å². The van der Waals surface area contributed by atoms with E-state index in [1.54, 1.807) is 18.7 Å². The standard InChI is InChI=1S/C21H36N2O5/c1-14(2)19(24)22-18(15(3)28-13-16-8-5-4-6-9-16)20(25)23-11-7-10-17(12-23)21(26)27/h14-18H,4-13H2,1-3H3,(H,22,24)(H,26,27). The molecule has 1 aliphatic heterocycles. The number of hydrogen-bond donors (Lipinski definition) is 2. The lowest BCUT2D eigenvalue weighted by atomic mass is 9.90. The van der Waals surface area contributed by atoms with Crippen LogP contribution in [0.25, 0.3) is 0 Å². The molecule has 0 aromatic rings. The van der Waals surface area contributed by atoms with Crippen LogP contribution in [0.5, 0.6) is 0 Å². The smallest absolute Gasteiger partial charge is 0.308 e. The summed E-state index contributed by atoms with van der Waals surface area (Å²) >= 11 is 0. The lowest BCUT2D eigenvalue weighted by Crippen LogP contribution is -2.57. The number of carbonyl (C=O) groups excluding carboxylic acids is 2. The highest BCUT2D eigenvalue weighted by molar-refractivity contribution is 5.89. The van der Waals surface area contributed by atoms with Crippen LogP contribution in [-0.2, 0) is 19.1 Å². The van der Waals surface area contributed by atoms with Gasteiger partial charge in [-0.25, -0.2) is 0 Å². The second kappa shape index (κ2) is 10.8. The summed E-state index contributed by atoms with van der Waals surface area (Å²) in [5, 5.41) is 12.1. The number of carbonyl (C=O) groups is 3. The number of nitrogens with one attached hydrogen (secondary N) is 1. The molecule has 0 radical (unpaired) electrons. The molecular weight excluding hydrogens is 360 g/mol. The Kier molecular flexibility index (Phi) is 8.73. The van der Waals surface area contributed by atoms with Gasteiger partial charge in [0.25, 0.3) is 0 Å². The van der Waals surface area contributed by atoms with Crippen molar-refractivity contribution in [3.05, 3.63) is 0 Å². The summed E-state index contributed by atoms with van der Waals surface area (Å²) in [5.74, 6) is -1.58. The molecule has 2 amide bonds. The number of likely N-dealkylation sites (tertiary alicyclic amines) is 1. The lowest BCUT2D eigenvalue weighted by molar-refractivity contribution is -0.149. The van der Waals surface area contributed by atoms with E-state index in [0.29, 0.717) is 31.9 Å². The molecule has 1 saturated carbocycles. The highest BCUT2D eigenvalue weighted by Crippen LogP contribution is 2.25. The van der Waals surface area contributed by atoms with Crippen molar-refractivity contribution in [1.82, 2.24) is 10.2 Å². The third-order valence-electron chi connectivity index (χ3n) is 5.96. The summed E-state index contributed by atoms with van der Waals surface area (Å²) in [6, 6.07) is -0.786. The average molecular weight is 397 g/mol. The molecule has 0 aromatic carbocycles. The molecular formula is C21H36N2O5. The maximum absolute atomic E-state index is 13.2. The summed E-state index contributed by atoms with van der Waals surface area (Å²) in [6.45, 7) is 6.70. The minimum absolute atomic E-state index is 0.192. The third kappa shape index (κ3) is 6.47. The Morgan fingerprint density at radius 3 is 2.36 bits per heavy atom. The predicted molar refractivity (Wildman–Crippen MR) is 106 cm³/mol. The normalized spacial score (nSPS) is 23.3. The van der Waals surface area contributed by atoms with Crippen molar-refractivity contribution in [2.24, 2.45) is 17.8 Å². The molecule has 2 rings (SSSR count). The van der Waals surface area contributed by atoms with Crippen LogP contribution in [0.2, 0.25) is 0 Å². The van der Waals surface area contributed by atoms with Crippen LogP contribution < -0.4 is 5.32 Å². The lowest BCUT2D eigenvalue weighted by Gasteiger charge is -2.36. The van der Waals surface area contributed by atoms with E-state index in [4.69, 9.17) is 4.74 Å². The van der Waals surface area contributed by atoms with Crippen LogP contribution >= 0.6 is 0 Å². The number of hydrogen-bond acceptors (Lipinski definition) is 4. The van der Waals surface area contributed by atoms with Crippen LogP contribution in [0, 0.1) is 17.8 Å². The Morgan fingerprint density at radius 1 is 1.07 bits per heavy atom. The monoisotopic (exact) mass is 396 g/mol. The van der Waals surface area contributed by atoms with E-state index in [1.165, 1.54) is 19.3 Å². The van der Waals surface area contributed by atoms with Gasteiger partial charge in [-0.1, -0.05) is 33.1 Å². The molecule has 1 aliphatic carbocycles. The highest BCUT2D eigenvalue weighted by Gasteiger charge is 2.36. The summed E-state index contributed by atoms with van der Waals surface area (Å²) < 4.78 is 6.03. The van der Waals surface area contributed by atoms with Gasteiger partial charge in [0.05, 0.1) is 12.0 Å². The van der Waals surface area contributed by atoms with E-state index in [0.717, 1.165) is 12.8 Å². The number of piperidine rings is 1. The van der Waals surface area contributed by atoms with Crippen molar-refractivity contribution < 1.29 is 24.2 Å². The van der Waals surface area contributed by atoms with E-state index in [9.17, 15) is 19.5 Å². The fraction of sp³-hybridized carbons (Fsp3) is 0.857. The predicted octanol–water partition coefficient (Wildman–Crippen LogP) is 2.44. The number of amides is 2. The van der Waals surface area contributed by atoms with Crippen LogP contribution in [0.1, 0.15) is 65.7 Å². The molecule has 2 N–H and O–H groups in total. The molecule has 0 spiro atoms. The number of nitrogens with zero attached hydrogens (tertiary/aromatic N) is 1. The Balaban J connectivity index is 2.03. The maximum Gasteiger partial charge on any atom is 0.308 e. The number of carboxylic acid groups (broad SMARTS) is 1. The second-order valence-electron chi connectivity index (χ2n) is 8.65. The Bertz CT molecular complexity index is 545. The van der Waals surface area contributed by atoms with E-state index in [2.05, 4.69) is 5.32 Å². The largest absolute Gasteiger partial charge is 0.481 e. The highest BCUT2D eigenvalue weighted by atomic mass is 16.5. The molecule has 0 bridgehead atoms. The average Bonchev–Trinajstić information content (AvgIpc) is 2.70. The van der Waals surface area contributed by atoms with Crippen LogP contribution in [0.4, 0.5) is 0 Å². The zero-order valence-electron chi connectivity index (χ0n) is 17.5. The third-order valence-corrected chi connectivity index (χ3v) is 5.96. The first-order valence-electron chi connectivity index (χ1n) is 10.7. The number of ether oxygens (including phenoxy) is 1. The van der Waals surface area contributed by atoms with E-state index >= 15 is 0 Å². The Morgan fingerprint density at radius 2 is 1.75 bits per heavy atom. The fourth-order valence-electron chi connectivity index (χ4n) is 4.01. The van der Waals surface area contributed by atoms with Gasteiger partial charge < -0.3 is 20.1 Å². The molecule has 1 heterocycles. The summed E-state index contributed by atoms with van der Waals surface area (Å²) in [4.78, 5) is 38.4. The maximum atomic E-state index is 13.2. The Labute approximate surface area is 168 Å². The van der Waals surface area contributed by atoms with Gasteiger partial charge in [-0.3, -0.25) is 14.4 Å². The summed E-state index contributed by atoms with van der Waals surface area (Å²) in [6.07, 6.45) is 6.80. The van der Waals surface area contributed by atoms with Gasteiger partial charge in [0.1, 0.15) is 6.04 Å². The molecule has 0 aromatic heterocycles. The zero-order chi connectivity index (χ0) is 20.7. The van der Waals surface area contributed by atoms with Gasteiger partial charge in [-0.15, -0.1) is 0 Å². The minimum atomic E-state index is -0.873. The first-order chi connectivity index (χ1) is 13.3. The van der Waals surface area contributed by atoms with Gasteiger partial charge in [-0.05, 0) is 38.5 Å². The van der Waals surface area contributed by atoms with Gasteiger partial charge >= 0.3 is 5.97 Å². The van der Waals surface area contributed by atoms with Gasteiger partial charge in [0.15, 0.2) is 0 Å². The van der Waals surface area contributed by atoms with Crippen LogP contribution in [0.3, 0.4) is 0 Å². The second-order valence-corrected chi connectivity index (χ2v) is 8.65. The van der Waals surface area contributed by atoms with Crippen molar-refractivity contribution >= 4 is 17.8 Å². The zero-order valence-corrected chi connectivity index (χ0v) is 17.5. The first kappa shape index (κ1) is 22.7. The van der Waals surface area contributed by atoms with Crippen LogP contribution in [0.15, 0.2) is 0 Å². The molecule has 7 heteroatoms. The number of rotatable bonds is 8. The number of carboxylic acids is 1. The molecule has 3 unspecified atom stereocenters. The summed E-state index contributed by atoms with van der Waals surface area (Å²) in [5.41, 5.74) is 0. The van der Waals surface area contributed by atoms with Gasteiger partial charge in [0.2, 0.25) is 11.8 Å². The van der Waals surface area contributed by atoms with E-state index < -0.39 is 24.0 Å². The molecule has 28 heavy (non-hydrogen) atoms. The van der Waals surface area contributed by atoms with Crippen LogP contribution in [-0.4, -0.2) is 59.6 Å². The topological polar surface area (TPSA) is 95.9 Å². The van der Waals surface area contributed by atoms with Crippen molar-refractivity contribution in [3.63, 3.8) is 0 Å². The van der Waals surface area contributed by atoms with Gasteiger partial charge in [0, 0.05) is 25.6 Å². The molecule has 3 atom stereocenters. The first-order valence-corrected chi connectivity index (χ1v) is 10.7. The molecule has 2 fully saturated rings. The van der Waals surface area contributed by atoms with Crippen molar-refractivity contribution in [2.75, 3.05) is 19.7 Å². The number of aliphatic carboxylic acids is 1. The van der Waals surface area contributed by atoms with Crippen molar-refractivity contribution in [3.8, 4) is 0 Å². The quantitative estimate of drug-likeness (QED) is 0.657. The molecule has 160 valence electrons. The molecule has 2 aliphatic rings. The SMILES string of the molecule is CC(C)C(=O)NC(C(=O)N1CCCC(C(=O)O)C1)C(C)OCC1CCCCC1. The fourth-order valence-corrected chi connectivity index (χ4v) is 4.01. The summed E-state index contributed by atoms with van der Waals surface area (Å²) in [7, 11) is 0. The van der Waals surface area contributed by atoms with E-state index in [-0.39, 0.29) is 24.3 Å². The van der Waals surface area contributed by atoms with E-state index in [1.807, 2.05) is 6.92 Å². The van der Waals surface area contributed by atoms with Crippen molar-refractivity contribution in [2.45, 2.75) is 77.9 Å².